The van der Waals surface area contributed by atoms with Gasteiger partial charge >= 0.3 is 0 Å². The van der Waals surface area contributed by atoms with E-state index in [1.165, 1.54) is 9.75 Å². The van der Waals surface area contributed by atoms with Gasteiger partial charge in [-0.1, -0.05) is 5.21 Å². The molecule has 136 valence electrons. The number of likely N-dealkylation sites (N-methyl/N-ethyl adjacent to an activating group) is 1. The first-order valence-electron chi connectivity index (χ1n) is 8.38. The Hall–Kier alpha value is -1.77. The molecular formula is C17H25N5O2S. The molecule has 3 rings (SSSR count). The van der Waals surface area contributed by atoms with Crippen LogP contribution in [-0.4, -0.2) is 64.6 Å². The van der Waals surface area contributed by atoms with Crippen molar-refractivity contribution < 1.29 is 9.53 Å². The smallest absolute Gasteiger partial charge is 0.248 e. The fourth-order valence-corrected chi connectivity index (χ4v) is 4.09. The molecule has 8 heteroatoms. The first-order chi connectivity index (χ1) is 11.9. The summed E-state index contributed by atoms with van der Waals surface area (Å²) in [4.78, 5) is 18.3. The molecule has 0 saturated heterocycles. The topological polar surface area (TPSA) is 63.5 Å². The number of carbonyl (C=O) groups excluding carboxylic acids is 1. The summed E-state index contributed by atoms with van der Waals surface area (Å²) in [5.74, 6) is 0.143. The molecule has 0 unspecified atom stereocenters. The Kier molecular flexibility index (Phi) is 5.51. The minimum Gasteiger partial charge on any atom is -0.371 e. The number of carbonyl (C=O) groups is 1. The molecule has 0 saturated carbocycles. The molecule has 0 radical (unpaired) electrons. The third kappa shape index (κ3) is 4.26. The number of hydrogen-bond acceptors (Lipinski definition) is 6. The average molecular weight is 363 g/mol. The van der Waals surface area contributed by atoms with E-state index in [-0.39, 0.29) is 18.4 Å². The molecule has 0 aliphatic carbocycles. The van der Waals surface area contributed by atoms with Crippen LogP contribution < -0.4 is 0 Å². The van der Waals surface area contributed by atoms with E-state index >= 15 is 0 Å². The standard InChI is InChI=1S/C17H25N5O2S/c1-12-5-6-14(25-12)8-22-7-13(10-24-11-16(23)20(2)3)17-15(9-22)18-19-21(17)4/h5-6,13H,7-11H2,1-4H3/t13-/m0/s1. The van der Waals surface area contributed by atoms with Gasteiger partial charge in [-0.05, 0) is 19.1 Å². The summed E-state index contributed by atoms with van der Waals surface area (Å²) in [5.41, 5.74) is 2.13. The number of hydrogen-bond donors (Lipinski definition) is 0. The minimum atomic E-state index is -0.0231. The Morgan fingerprint density at radius 1 is 1.44 bits per heavy atom. The van der Waals surface area contributed by atoms with E-state index in [0.29, 0.717) is 6.61 Å². The number of aromatic nitrogens is 3. The van der Waals surface area contributed by atoms with E-state index in [1.807, 2.05) is 23.1 Å². The Labute approximate surface area is 152 Å². The molecule has 0 spiro atoms. The van der Waals surface area contributed by atoms with Crippen molar-refractivity contribution in [2.45, 2.75) is 25.9 Å². The van der Waals surface area contributed by atoms with Gasteiger partial charge in [-0.15, -0.1) is 16.4 Å². The van der Waals surface area contributed by atoms with Crippen molar-refractivity contribution in [2.24, 2.45) is 7.05 Å². The highest BCUT2D eigenvalue weighted by molar-refractivity contribution is 7.11. The lowest BCUT2D eigenvalue weighted by atomic mass is 9.99. The van der Waals surface area contributed by atoms with Crippen LogP contribution in [0.5, 0.6) is 0 Å². The number of fused-ring (bicyclic) bond motifs is 1. The number of aryl methyl sites for hydroxylation is 2. The third-order valence-corrected chi connectivity index (χ3v) is 5.39. The highest BCUT2D eigenvalue weighted by Gasteiger charge is 2.30. The monoisotopic (exact) mass is 363 g/mol. The van der Waals surface area contributed by atoms with Crippen LogP contribution in [0.1, 0.15) is 27.1 Å². The lowest BCUT2D eigenvalue weighted by molar-refractivity contribution is -0.133. The zero-order valence-electron chi connectivity index (χ0n) is 15.2. The Bertz CT molecular complexity index is 739. The quantitative estimate of drug-likeness (QED) is 0.776. The van der Waals surface area contributed by atoms with Gasteiger partial charge in [0.05, 0.1) is 12.3 Å². The minimum absolute atomic E-state index is 0.0231. The summed E-state index contributed by atoms with van der Waals surface area (Å²) in [5, 5.41) is 8.50. The lowest BCUT2D eigenvalue weighted by Gasteiger charge is -2.31. The van der Waals surface area contributed by atoms with Crippen LogP contribution in [0.2, 0.25) is 0 Å². The Morgan fingerprint density at radius 2 is 2.24 bits per heavy atom. The molecule has 0 fully saturated rings. The molecule has 0 aromatic carbocycles. The second-order valence-corrected chi connectivity index (χ2v) is 8.10. The number of thiophene rings is 1. The summed E-state index contributed by atoms with van der Waals surface area (Å²) < 4.78 is 7.53. The predicted octanol–water partition coefficient (Wildman–Crippen LogP) is 1.39. The molecule has 3 heterocycles. The van der Waals surface area contributed by atoms with Gasteiger partial charge in [0.25, 0.3) is 0 Å². The van der Waals surface area contributed by atoms with E-state index in [1.54, 1.807) is 19.0 Å². The molecule has 2 aromatic heterocycles. The second kappa shape index (κ2) is 7.63. The van der Waals surface area contributed by atoms with Crippen LogP contribution in [0, 0.1) is 6.92 Å². The van der Waals surface area contributed by atoms with Crippen molar-refractivity contribution in [3.8, 4) is 0 Å². The van der Waals surface area contributed by atoms with Crippen LogP contribution in [-0.2, 0) is 29.7 Å². The summed E-state index contributed by atoms with van der Waals surface area (Å²) in [6, 6.07) is 4.35. The van der Waals surface area contributed by atoms with E-state index in [4.69, 9.17) is 4.74 Å². The maximum atomic E-state index is 11.7. The zero-order chi connectivity index (χ0) is 18.0. The molecular weight excluding hydrogens is 338 g/mol. The van der Waals surface area contributed by atoms with Gasteiger partial charge in [-0.3, -0.25) is 14.4 Å². The highest BCUT2D eigenvalue weighted by Crippen LogP contribution is 2.29. The maximum absolute atomic E-state index is 11.7. The number of rotatable bonds is 6. The largest absolute Gasteiger partial charge is 0.371 e. The van der Waals surface area contributed by atoms with Crippen molar-refractivity contribution in [3.63, 3.8) is 0 Å². The van der Waals surface area contributed by atoms with E-state index in [2.05, 4.69) is 34.3 Å². The molecule has 7 nitrogen and oxygen atoms in total. The Balaban J connectivity index is 1.67. The summed E-state index contributed by atoms with van der Waals surface area (Å²) in [7, 11) is 5.39. The van der Waals surface area contributed by atoms with Gasteiger partial charge in [-0.25, -0.2) is 0 Å². The second-order valence-electron chi connectivity index (χ2n) is 6.73. The van der Waals surface area contributed by atoms with Crippen molar-refractivity contribution >= 4 is 17.2 Å². The van der Waals surface area contributed by atoms with Gasteiger partial charge in [0.15, 0.2) is 0 Å². The Morgan fingerprint density at radius 3 is 2.92 bits per heavy atom. The maximum Gasteiger partial charge on any atom is 0.248 e. The van der Waals surface area contributed by atoms with Crippen LogP contribution in [0.3, 0.4) is 0 Å². The van der Waals surface area contributed by atoms with Gasteiger partial charge in [0, 0.05) is 56.4 Å². The molecule has 1 aliphatic rings. The molecule has 25 heavy (non-hydrogen) atoms. The predicted molar refractivity (Wildman–Crippen MR) is 96.4 cm³/mol. The summed E-state index contributed by atoms with van der Waals surface area (Å²) >= 11 is 1.83. The van der Waals surface area contributed by atoms with Gasteiger partial charge in [0.1, 0.15) is 12.3 Å². The fraction of sp³-hybridized carbons (Fsp3) is 0.588. The van der Waals surface area contributed by atoms with Crippen LogP contribution in [0.25, 0.3) is 0 Å². The highest BCUT2D eigenvalue weighted by atomic mass is 32.1. The summed E-state index contributed by atoms with van der Waals surface area (Å²) in [6.07, 6.45) is 0. The van der Waals surface area contributed by atoms with Gasteiger partial charge < -0.3 is 9.64 Å². The van der Waals surface area contributed by atoms with Crippen LogP contribution >= 0.6 is 11.3 Å². The SMILES string of the molecule is Cc1ccc(CN2Cc3nnn(C)c3[C@H](COCC(=O)N(C)C)C2)s1. The zero-order valence-corrected chi connectivity index (χ0v) is 16.0. The van der Waals surface area contributed by atoms with Gasteiger partial charge in [0.2, 0.25) is 5.91 Å². The number of amides is 1. The molecule has 0 N–H and O–H groups in total. The lowest BCUT2D eigenvalue weighted by Crippen LogP contribution is -2.36. The first-order valence-corrected chi connectivity index (χ1v) is 9.19. The molecule has 1 aliphatic heterocycles. The molecule has 2 aromatic rings. The van der Waals surface area contributed by atoms with Crippen LogP contribution in [0.4, 0.5) is 0 Å². The molecule has 1 amide bonds. The van der Waals surface area contributed by atoms with Crippen LogP contribution in [0.15, 0.2) is 12.1 Å². The molecule has 0 bridgehead atoms. The van der Waals surface area contributed by atoms with Crippen molar-refractivity contribution in [2.75, 3.05) is 33.9 Å². The summed E-state index contributed by atoms with van der Waals surface area (Å²) in [6.45, 7) is 5.31. The third-order valence-electron chi connectivity index (χ3n) is 4.40. The van der Waals surface area contributed by atoms with E-state index < -0.39 is 0 Å². The average Bonchev–Trinajstić information content (AvgIpc) is 3.13. The first kappa shape index (κ1) is 18.0. The fourth-order valence-electron chi connectivity index (χ4n) is 3.15. The van der Waals surface area contributed by atoms with Gasteiger partial charge in [-0.2, -0.15) is 0 Å². The number of ether oxygens (including phenoxy) is 1. The van der Waals surface area contributed by atoms with Crippen molar-refractivity contribution in [1.82, 2.24) is 24.8 Å². The van der Waals surface area contributed by atoms with Crippen molar-refractivity contribution in [3.05, 3.63) is 33.3 Å². The van der Waals surface area contributed by atoms with E-state index in [0.717, 1.165) is 31.0 Å². The number of nitrogens with zero attached hydrogens (tertiary/aromatic N) is 5. The van der Waals surface area contributed by atoms with E-state index in [9.17, 15) is 4.79 Å². The van der Waals surface area contributed by atoms with Crippen molar-refractivity contribution in [1.29, 1.82) is 0 Å². The normalized spacial score (nSPS) is 17.5. The molecule has 1 atom stereocenters.